The fraction of sp³-hybridized carbons (Fsp3) is 0.235. The number of carbonyl (C=O) groups excluding carboxylic acids is 1. The van der Waals surface area contributed by atoms with E-state index >= 15 is 0 Å². The second-order valence-electron chi connectivity index (χ2n) is 5.05. The van der Waals surface area contributed by atoms with Crippen molar-refractivity contribution in [1.82, 2.24) is 0 Å². The molecule has 0 radical (unpaired) electrons. The van der Waals surface area contributed by atoms with Crippen LogP contribution in [0.15, 0.2) is 30.3 Å². The van der Waals surface area contributed by atoms with Crippen molar-refractivity contribution in [3.63, 3.8) is 0 Å². The summed E-state index contributed by atoms with van der Waals surface area (Å²) in [4.78, 5) is 12.3. The van der Waals surface area contributed by atoms with Crippen LogP contribution in [0.2, 0.25) is 10.0 Å². The summed E-state index contributed by atoms with van der Waals surface area (Å²) in [6.07, 6.45) is 0.843. The molecule has 2 aromatic carbocycles. The smallest absolute Gasteiger partial charge is 0.257 e. The molecule has 0 fully saturated rings. The van der Waals surface area contributed by atoms with Crippen LogP contribution in [-0.2, 0) is 0 Å². The van der Waals surface area contributed by atoms with Crippen molar-refractivity contribution in [3.8, 4) is 5.75 Å². The molecule has 0 aliphatic carbocycles. The van der Waals surface area contributed by atoms with Crippen molar-refractivity contribution in [2.75, 3.05) is 11.9 Å². The zero-order valence-electron chi connectivity index (χ0n) is 12.8. The molecule has 0 spiro atoms. The molecule has 2 rings (SSSR count). The topological polar surface area (TPSA) is 38.3 Å². The summed E-state index contributed by atoms with van der Waals surface area (Å²) in [5, 5.41) is 2.64. The van der Waals surface area contributed by atoms with E-state index in [1.807, 2.05) is 26.0 Å². The Hall–Kier alpha value is -1.78. The molecule has 0 heterocycles. The summed E-state index contributed by atoms with van der Waals surface area (Å²) in [7, 11) is 0. The van der Waals surface area contributed by atoms with Gasteiger partial charge in [-0.05, 0) is 43.2 Å². The standard InChI is InChI=1S/C17H16Cl2FNO2/c1-3-6-23-16-7-10(2)4-5-15(16)21-17(22)11-8-14(20)13(19)9-12(11)18/h4-5,7-9H,3,6H2,1-2H3,(H,21,22). The van der Waals surface area contributed by atoms with Gasteiger partial charge in [0, 0.05) is 0 Å². The molecule has 0 aromatic heterocycles. The van der Waals surface area contributed by atoms with Crippen LogP contribution in [0.4, 0.5) is 10.1 Å². The highest BCUT2D eigenvalue weighted by atomic mass is 35.5. The van der Waals surface area contributed by atoms with Gasteiger partial charge in [0.05, 0.1) is 27.9 Å². The van der Waals surface area contributed by atoms with Crippen LogP contribution in [-0.4, -0.2) is 12.5 Å². The average Bonchev–Trinajstić information content (AvgIpc) is 2.50. The second kappa shape index (κ2) is 7.66. The molecule has 0 unspecified atom stereocenters. The molecule has 0 atom stereocenters. The van der Waals surface area contributed by atoms with E-state index < -0.39 is 11.7 Å². The molecule has 2 aromatic rings. The largest absolute Gasteiger partial charge is 0.491 e. The van der Waals surface area contributed by atoms with Gasteiger partial charge in [-0.15, -0.1) is 0 Å². The number of hydrogen-bond acceptors (Lipinski definition) is 2. The minimum atomic E-state index is -0.701. The SMILES string of the molecule is CCCOc1cc(C)ccc1NC(=O)c1cc(F)c(Cl)cc1Cl. The third kappa shape index (κ3) is 4.36. The maximum absolute atomic E-state index is 13.6. The molecule has 0 saturated carbocycles. The fourth-order valence-corrected chi connectivity index (χ4v) is 2.42. The zero-order valence-corrected chi connectivity index (χ0v) is 14.3. The van der Waals surface area contributed by atoms with Gasteiger partial charge in [0.1, 0.15) is 11.6 Å². The third-order valence-corrected chi connectivity index (χ3v) is 3.70. The van der Waals surface area contributed by atoms with Gasteiger partial charge in [0.2, 0.25) is 0 Å². The summed E-state index contributed by atoms with van der Waals surface area (Å²) < 4.78 is 19.2. The van der Waals surface area contributed by atoms with E-state index in [1.54, 1.807) is 6.07 Å². The van der Waals surface area contributed by atoms with E-state index in [-0.39, 0.29) is 15.6 Å². The maximum Gasteiger partial charge on any atom is 0.257 e. The first-order valence-electron chi connectivity index (χ1n) is 7.11. The van der Waals surface area contributed by atoms with Crippen LogP contribution in [0.25, 0.3) is 0 Å². The van der Waals surface area contributed by atoms with E-state index in [0.29, 0.717) is 18.0 Å². The molecule has 0 aliphatic heterocycles. The Morgan fingerprint density at radius 1 is 1.22 bits per heavy atom. The lowest BCUT2D eigenvalue weighted by atomic mass is 10.1. The van der Waals surface area contributed by atoms with E-state index in [2.05, 4.69) is 5.32 Å². The zero-order chi connectivity index (χ0) is 17.0. The normalized spacial score (nSPS) is 10.5. The summed E-state index contributed by atoms with van der Waals surface area (Å²) >= 11 is 11.6. The first-order valence-corrected chi connectivity index (χ1v) is 7.87. The molecular formula is C17H16Cl2FNO2. The number of amides is 1. The maximum atomic E-state index is 13.6. The number of nitrogens with one attached hydrogen (secondary N) is 1. The van der Waals surface area contributed by atoms with Gasteiger partial charge in [0.15, 0.2) is 0 Å². The number of aryl methyl sites for hydroxylation is 1. The molecule has 1 N–H and O–H groups in total. The highest BCUT2D eigenvalue weighted by molar-refractivity contribution is 6.37. The van der Waals surface area contributed by atoms with Crippen LogP contribution in [0, 0.1) is 12.7 Å². The first-order chi connectivity index (χ1) is 10.9. The van der Waals surface area contributed by atoms with E-state index in [0.717, 1.165) is 18.1 Å². The first kappa shape index (κ1) is 17.6. The summed E-state index contributed by atoms with van der Waals surface area (Å²) in [6.45, 7) is 4.45. The van der Waals surface area contributed by atoms with Gasteiger partial charge in [-0.1, -0.05) is 36.2 Å². The predicted molar refractivity (Wildman–Crippen MR) is 91.3 cm³/mol. The van der Waals surface area contributed by atoms with E-state index in [4.69, 9.17) is 27.9 Å². The van der Waals surface area contributed by atoms with Crippen molar-refractivity contribution in [3.05, 3.63) is 57.3 Å². The molecule has 0 saturated heterocycles. The number of rotatable bonds is 5. The van der Waals surface area contributed by atoms with E-state index in [1.165, 1.54) is 6.07 Å². The Bertz CT molecular complexity index is 735. The van der Waals surface area contributed by atoms with Gasteiger partial charge in [-0.2, -0.15) is 0 Å². The van der Waals surface area contributed by atoms with Crippen LogP contribution < -0.4 is 10.1 Å². The van der Waals surface area contributed by atoms with Crippen molar-refractivity contribution < 1.29 is 13.9 Å². The molecule has 6 heteroatoms. The quantitative estimate of drug-likeness (QED) is 0.720. The second-order valence-corrected chi connectivity index (χ2v) is 5.86. The Morgan fingerprint density at radius 3 is 2.65 bits per heavy atom. The van der Waals surface area contributed by atoms with Crippen molar-refractivity contribution in [1.29, 1.82) is 0 Å². The Morgan fingerprint density at radius 2 is 1.96 bits per heavy atom. The van der Waals surface area contributed by atoms with Gasteiger partial charge in [0.25, 0.3) is 5.91 Å². The number of benzene rings is 2. The number of carbonyl (C=O) groups is 1. The highest BCUT2D eigenvalue weighted by Gasteiger charge is 2.16. The monoisotopic (exact) mass is 355 g/mol. The van der Waals surface area contributed by atoms with Crippen LogP contribution in [0.5, 0.6) is 5.75 Å². The molecule has 0 aliphatic rings. The number of ether oxygens (including phenoxy) is 1. The number of hydrogen-bond donors (Lipinski definition) is 1. The van der Waals surface area contributed by atoms with Gasteiger partial charge in [-0.3, -0.25) is 4.79 Å². The summed E-state index contributed by atoms with van der Waals surface area (Å²) in [6, 6.07) is 7.63. The lowest BCUT2D eigenvalue weighted by Gasteiger charge is -2.13. The lowest BCUT2D eigenvalue weighted by molar-refractivity contribution is 0.102. The van der Waals surface area contributed by atoms with Gasteiger partial charge >= 0.3 is 0 Å². The number of halogens is 3. The molecule has 122 valence electrons. The van der Waals surface area contributed by atoms with Crippen molar-refractivity contribution >= 4 is 34.8 Å². The molecule has 0 bridgehead atoms. The van der Waals surface area contributed by atoms with Crippen LogP contribution >= 0.6 is 23.2 Å². The van der Waals surface area contributed by atoms with Gasteiger partial charge in [-0.25, -0.2) is 4.39 Å². The summed E-state index contributed by atoms with van der Waals surface area (Å²) in [5.74, 6) is -0.672. The fourth-order valence-electron chi connectivity index (χ4n) is 1.95. The van der Waals surface area contributed by atoms with Gasteiger partial charge < -0.3 is 10.1 Å². The predicted octanol–water partition coefficient (Wildman–Crippen LogP) is 5.48. The summed E-state index contributed by atoms with van der Waals surface area (Å²) in [5.41, 5.74) is 1.51. The molecule has 3 nitrogen and oxygen atoms in total. The third-order valence-electron chi connectivity index (χ3n) is 3.10. The minimum absolute atomic E-state index is 0.00980. The molecule has 1 amide bonds. The highest BCUT2D eigenvalue weighted by Crippen LogP contribution is 2.29. The Balaban J connectivity index is 2.28. The van der Waals surface area contributed by atoms with Crippen LogP contribution in [0.3, 0.4) is 0 Å². The molecule has 23 heavy (non-hydrogen) atoms. The average molecular weight is 356 g/mol. The molecular weight excluding hydrogens is 340 g/mol. The van der Waals surface area contributed by atoms with Crippen molar-refractivity contribution in [2.45, 2.75) is 20.3 Å². The van der Waals surface area contributed by atoms with Crippen molar-refractivity contribution in [2.24, 2.45) is 0 Å². The Kier molecular flexibility index (Phi) is 5.85. The minimum Gasteiger partial charge on any atom is -0.491 e. The van der Waals surface area contributed by atoms with Crippen LogP contribution in [0.1, 0.15) is 29.3 Å². The Labute approximate surface area is 144 Å². The lowest BCUT2D eigenvalue weighted by Crippen LogP contribution is -2.14. The number of anilines is 1. The van der Waals surface area contributed by atoms with E-state index in [9.17, 15) is 9.18 Å².